The average molecular weight is 377 g/mol. The van der Waals surface area contributed by atoms with Crippen LogP contribution in [0.4, 0.5) is 4.79 Å². The smallest absolute Gasteiger partial charge is 0.338 e. The molecule has 2 amide bonds. The summed E-state index contributed by atoms with van der Waals surface area (Å²) in [6.07, 6.45) is 3.96. The van der Waals surface area contributed by atoms with E-state index in [4.69, 9.17) is 16.3 Å². The normalized spacial score (nSPS) is 26.5. The van der Waals surface area contributed by atoms with Gasteiger partial charge in [0.15, 0.2) is 0 Å². The molecule has 1 aliphatic heterocycles. The Morgan fingerprint density at radius 2 is 2.04 bits per heavy atom. The number of benzene rings is 1. The molecule has 1 aromatic carbocycles. The van der Waals surface area contributed by atoms with Crippen LogP contribution in [0.15, 0.2) is 35.5 Å². The molecule has 3 atom stereocenters. The van der Waals surface area contributed by atoms with Gasteiger partial charge in [-0.05, 0) is 43.7 Å². The minimum atomic E-state index is -0.610. The molecule has 26 heavy (non-hydrogen) atoms. The van der Waals surface area contributed by atoms with E-state index in [1.807, 2.05) is 18.2 Å². The number of urea groups is 1. The van der Waals surface area contributed by atoms with Gasteiger partial charge in [-0.2, -0.15) is 0 Å². The highest BCUT2D eigenvalue weighted by Gasteiger charge is 2.37. The maximum atomic E-state index is 13.0. The molecule has 1 N–H and O–H groups in total. The summed E-state index contributed by atoms with van der Waals surface area (Å²) in [6, 6.07) is 6.36. The molecule has 140 valence electrons. The number of carbonyl (C=O) groups excluding carboxylic acids is 2. The quantitative estimate of drug-likeness (QED) is 0.794. The van der Waals surface area contributed by atoms with E-state index in [1.54, 1.807) is 20.0 Å². The van der Waals surface area contributed by atoms with Crippen LogP contribution in [0.5, 0.6) is 0 Å². The topological polar surface area (TPSA) is 58.6 Å². The third-order valence-electron chi connectivity index (χ3n) is 5.35. The number of hydrogen-bond acceptors (Lipinski definition) is 3. The molecule has 0 unspecified atom stereocenters. The van der Waals surface area contributed by atoms with Crippen molar-refractivity contribution >= 4 is 23.6 Å². The number of nitrogens with one attached hydrogen (secondary N) is 1. The van der Waals surface area contributed by atoms with Gasteiger partial charge in [0.2, 0.25) is 0 Å². The Hall–Kier alpha value is -2.01. The summed E-state index contributed by atoms with van der Waals surface area (Å²) in [5, 5.41) is 3.38. The molecule has 1 heterocycles. The van der Waals surface area contributed by atoms with Crippen LogP contribution < -0.4 is 5.32 Å². The predicted octanol–water partition coefficient (Wildman–Crippen LogP) is 4.43. The second kappa shape index (κ2) is 7.70. The Morgan fingerprint density at radius 1 is 1.31 bits per heavy atom. The molecule has 6 heteroatoms. The predicted molar refractivity (Wildman–Crippen MR) is 101 cm³/mol. The zero-order valence-electron chi connectivity index (χ0n) is 15.4. The molecule has 2 aliphatic rings. The van der Waals surface area contributed by atoms with E-state index in [2.05, 4.69) is 12.2 Å². The van der Waals surface area contributed by atoms with E-state index in [1.165, 1.54) is 11.3 Å². The van der Waals surface area contributed by atoms with Crippen molar-refractivity contribution in [3.63, 3.8) is 0 Å². The van der Waals surface area contributed by atoms with E-state index >= 15 is 0 Å². The zero-order valence-corrected chi connectivity index (χ0v) is 16.2. The van der Waals surface area contributed by atoms with Crippen LogP contribution in [-0.4, -0.2) is 30.1 Å². The van der Waals surface area contributed by atoms with Crippen molar-refractivity contribution in [1.29, 1.82) is 0 Å². The van der Waals surface area contributed by atoms with Crippen molar-refractivity contribution in [3.8, 4) is 0 Å². The lowest BCUT2D eigenvalue weighted by molar-refractivity contribution is -0.147. The first-order chi connectivity index (χ1) is 12.4. The van der Waals surface area contributed by atoms with E-state index < -0.39 is 6.04 Å². The molecule has 1 aliphatic carbocycles. The summed E-state index contributed by atoms with van der Waals surface area (Å²) in [5.41, 5.74) is 1.73. The standard InChI is InChI=1S/C20H25ClN2O3/c1-12-7-6-8-14(11-12)26-19(24)17-13(2)23(3)20(25)22-18(17)15-9-4-5-10-16(15)21/h4-5,9-10,12,14,18H,6-8,11H2,1-3H3,(H,22,25)/t12-,14+,18-/m0/s1. The monoisotopic (exact) mass is 376 g/mol. The number of allylic oxidation sites excluding steroid dienone is 1. The van der Waals surface area contributed by atoms with Crippen LogP contribution >= 0.6 is 11.6 Å². The second-order valence-corrected chi connectivity index (χ2v) is 7.67. The van der Waals surface area contributed by atoms with Crippen molar-refractivity contribution in [2.75, 3.05) is 7.05 Å². The molecule has 0 radical (unpaired) electrons. The minimum Gasteiger partial charge on any atom is -0.459 e. The second-order valence-electron chi connectivity index (χ2n) is 7.26. The summed E-state index contributed by atoms with van der Waals surface area (Å²) in [6.45, 7) is 3.95. The molecule has 5 nitrogen and oxygen atoms in total. The summed E-state index contributed by atoms with van der Waals surface area (Å²) in [4.78, 5) is 26.8. The van der Waals surface area contributed by atoms with Crippen LogP contribution in [0.1, 0.15) is 51.1 Å². The summed E-state index contributed by atoms with van der Waals surface area (Å²) in [5.74, 6) is 0.183. The van der Waals surface area contributed by atoms with Crippen LogP contribution in [0.3, 0.4) is 0 Å². The van der Waals surface area contributed by atoms with Crippen molar-refractivity contribution < 1.29 is 14.3 Å². The van der Waals surface area contributed by atoms with Gasteiger partial charge in [0, 0.05) is 17.8 Å². The third-order valence-corrected chi connectivity index (χ3v) is 5.70. The third kappa shape index (κ3) is 3.73. The number of ether oxygens (including phenoxy) is 1. The number of carbonyl (C=O) groups is 2. The average Bonchev–Trinajstić information content (AvgIpc) is 2.59. The number of hydrogen-bond donors (Lipinski definition) is 1. The molecule has 1 fully saturated rings. The number of rotatable bonds is 3. The van der Waals surface area contributed by atoms with Crippen LogP contribution in [-0.2, 0) is 9.53 Å². The molecule has 1 saturated carbocycles. The zero-order chi connectivity index (χ0) is 18.8. The SMILES string of the molecule is CC1=C(C(=O)O[C@@H]2CCC[C@H](C)C2)[C@H](c2ccccc2Cl)NC(=O)N1C. The van der Waals surface area contributed by atoms with Gasteiger partial charge in [-0.1, -0.05) is 43.1 Å². The molecule has 0 aromatic heterocycles. The fraction of sp³-hybridized carbons (Fsp3) is 0.500. The molecule has 0 spiro atoms. The van der Waals surface area contributed by atoms with E-state index in [0.29, 0.717) is 27.8 Å². The van der Waals surface area contributed by atoms with E-state index in [9.17, 15) is 9.59 Å². The summed E-state index contributed by atoms with van der Waals surface area (Å²) in [7, 11) is 1.64. The number of esters is 1. The van der Waals surface area contributed by atoms with Gasteiger partial charge in [0.1, 0.15) is 6.10 Å². The largest absolute Gasteiger partial charge is 0.459 e. The Balaban J connectivity index is 1.92. The van der Waals surface area contributed by atoms with Gasteiger partial charge in [0.05, 0.1) is 11.6 Å². The fourth-order valence-corrected chi connectivity index (χ4v) is 3.99. The lowest BCUT2D eigenvalue weighted by Gasteiger charge is -2.35. The van der Waals surface area contributed by atoms with Crippen molar-refractivity contribution in [1.82, 2.24) is 10.2 Å². The fourth-order valence-electron chi connectivity index (χ4n) is 3.74. The maximum absolute atomic E-state index is 13.0. The molecular weight excluding hydrogens is 352 g/mol. The van der Waals surface area contributed by atoms with Crippen LogP contribution in [0.2, 0.25) is 5.02 Å². The Morgan fingerprint density at radius 3 is 2.73 bits per heavy atom. The summed E-state index contributed by atoms with van der Waals surface area (Å²) < 4.78 is 5.83. The van der Waals surface area contributed by atoms with Gasteiger partial charge >= 0.3 is 12.0 Å². The van der Waals surface area contributed by atoms with Crippen molar-refractivity contribution in [2.45, 2.75) is 51.7 Å². The van der Waals surface area contributed by atoms with Crippen molar-refractivity contribution in [2.24, 2.45) is 5.92 Å². The summed E-state index contributed by atoms with van der Waals surface area (Å²) >= 11 is 6.33. The number of amides is 2. The lowest BCUT2D eigenvalue weighted by atomic mass is 9.88. The highest BCUT2D eigenvalue weighted by atomic mass is 35.5. The molecule has 0 saturated heterocycles. The Labute approximate surface area is 159 Å². The minimum absolute atomic E-state index is 0.0682. The van der Waals surface area contributed by atoms with Gasteiger partial charge in [-0.3, -0.25) is 0 Å². The Bertz CT molecular complexity index is 746. The van der Waals surface area contributed by atoms with Gasteiger partial charge in [-0.15, -0.1) is 0 Å². The van der Waals surface area contributed by atoms with Crippen LogP contribution in [0.25, 0.3) is 0 Å². The highest BCUT2D eigenvalue weighted by Crippen LogP contribution is 2.35. The highest BCUT2D eigenvalue weighted by molar-refractivity contribution is 6.31. The molecule has 0 bridgehead atoms. The van der Waals surface area contributed by atoms with Crippen LogP contribution in [0, 0.1) is 5.92 Å². The number of nitrogens with zero attached hydrogens (tertiary/aromatic N) is 1. The molecule has 1 aromatic rings. The van der Waals surface area contributed by atoms with E-state index in [0.717, 1.165) is 19.3 Å². The molecular formula is C20H25ClN2O3. The maximum Gasteiger partial charge on any atom is 0.338 e. The first-order valence-electron chi connectivity index (χ1n) is 9.09. The van der Waals surface area contributed by atoms with Gasteiger partial charge in [-0.25, -0.2) is 9.59 Å². The van der Waals surface area contributed by atoms with Gasteiger partial charge < -0.3 is 15.0 Å². The van der Waals surface area contributed by atoms with Gasteiger partial charge in [0.25, 0.3) is 0 Å². The lowest BCUT2D eigenvalue weighted by Crippen LogP contribution is -2.46. The van der Waals surface area contributed by atoms with E-state index in [-0.39, 0.29) is 18.1 Å². The number of halogens is 1. The Kier molecular flexibility index (Phi) is 5.56. The molecule has 3 rings (SSSR count). The first-order valence-corrected chi connectivity index (χ1v) is 9.46. The first kappa shape index (κ1) is 18.8. The van der Waals surface area contributed by atoms with Crippen molar-refractivity contribution in [3.05, 3.63) is 46.1 Å².